The Balaban J connectivity index is 2.64. The molecule has 0 radical (unpaired) electrons. The quantitative estimate of drug-likeness (QED) is 0.791. The highest BCUT2D eigenvalue weighted by atomic mass is 16.2. The van der Waals surface area contributed by atoms with Crippen LogP contribution >= 0.6 is 0 Å². The Bertz CT molecular complexity index is 755. The van der Waals surface area contributed by atoms with Crippen LogP contribution in [0.25, 0.3) is 11.6 Å². The molecule has 1 aliphatic rings. The first-order valence-corrected chi connectivity index (χ1v) is 7.18. The van der Waals surface area contributed by atoms with Gasteiger partial charge in [0.15, 0.2) is 0 Å². The fraction of sp³-hybridized carbons (Fsp3) is 0.438. The zero-order chi connectivity index (χ0) is 15.6. The Morgan fingerprint density at radius 1 is 1.38 bits per heavy atom. The van der Waals surface area contributed by atoms with Crippen molar-refractivity contribution in [3.8, 4) is 0 Å². The predicted octanol–water partition coefficient (Wildman–Crippen LogP) is 0.207. The lowest BCUT2D eigenvalue weighted by Gasteiger charge is -2.22. The van der Waals surface area contributed by atoms with E-state index >= 15 is 0 Å². The molecule has 1 unspecified atom stereocenters. The number of piperidine rings is 1. The molecule has 2 amide bonds. The van der Waals surface area contributed by atoms with E-state index in [1.54, 1.807) is 6.20 Å². The standard InChI is InChI=1S/C16H20N2O3/c1-4-5-11-8-9-18(16(21)14(11)10(2)3)12-6-7-13(19)17-15(12)20/h5,8-9,12H,4,6-7H2,1-3H3,(H,17,19,20)/b11-5-. The topological polar surface area (TPSA) is 68.2 Å². The van der Waals surface area contributed by atoms with Crippen molar-refractivity contribution < 1.29 is 9.59 Å². The molecule has 2 heterocycles. The van der Waals surface area contributed by atoms with Gasteiger partial charge in [0.05, 0.1) is 0 Å². The molecule has 0 aliphatic carbocycles. The van der Waals surface area contributed by atoms with Gasteiger partial charge in [-0.3, -0.25) is 19.7 Å². The van der Waals surface area contributed by atoms with Gasteiger partial charge in [-0.05, 0) is 38.0 Å². The van der Waals surface area contributed by atoms with Crippen LogP contribution in [0.1, 0.15) is 46.1 Å². The number of imide groups is 1. The number of carbonyl (C=O) groups is 2. The van der Waals surface area contributed by atoms with E-state index in [9.17, 15) is 14.4 Å². The van der Waals surface area contributed by atoms with Gasteiger partial charge in [-0.1, -0.05) is 18.6 Å². The van der Waals surface area contributed by atoms with Gasteiger partial charge in [0.2, 0.25) is 11.8 Å². The average Bonchev–Trinajstić information content (AvgIpc) is 2.40. The normalized spacial score (nSPS) is 19.6. The summed E-state index contributed by atoms with van der Waals surface area (Å²) >= 11 is 0. The van der Waals surface area contributed by atoms with Crippen molar-refractivity contribution in [2.75, 3.05) is 0 Å². The first kappa shape index (κ1) is 15.2. The Morgan fingerprint density at radius 3 is 2.67 bits per heavy atom. The molecule has 0 bridgehead atoms. The highest BCUT2D eigenvalue weighted by Crippen LogP contribution is 2.15. The van der Waals surface area contributed by atoms with E-state index in [1.165, 1.54) is 4.57 Å². The Kier molecular flexibility index (Phi) is 4.40. The Labute approximate surface area is 123 Å². The van der Waals surface area contributed by atoms with E-state index in [0.29, 0.717) is 11.6 Å². The van der Waals surface area contributed by atoms with Crippen LogP contribution in [0.3, 0.4) is 0 Å². The second-order valence-electron chi connectivity index (χ2n) is 5.44. The average molecular weight is 288 g/mol. The Hall–Kier alpha value is -2.17. The number of aromatic nitrogens is 1. The molecular weight excluding hydrogens is 268 g/mol. The molecule has 1 aromatic heterocycles. The number of pyridine rings is 1. The summed E-state index contributed by atoms with van der Waals surface area (Å²) in [6.45, 7) is 5.79. The van der Waals surface area contributed by atoms with Crippen molar-refractivity contribution >= 4 is 23.5 Å². The summed E-state index contributed by atoms with van der Waals surface area (Å²) in [5.74, 6) is -0.682. The summed E-state index contributed by atoms with van der Waals surface area (Å²) in [7, 11) is 0. The van der Waals surface area contributed by atoms with Crippen molar-refractivity contribution in [1.29, 1.82) is 0 Å². The third-order valence-electron chi connectivity index (χ3n) is 3.62. The maximum absolute atomic E-state index is 12.7. The van der Waals surface area contributed by atoms with Gasteiger partial charge in [-0.2, -0.15) is 0 Å². The molecular formula is C16H20N2O3. The van der Waals surface area contributed by atoms with Crippen LogP contribution in [0.15, 0.2) is 17.1 Å². The zero-order valence-electron chi connectivity index (χ0n) is 12.6. The molecule has 0 aromatic carbocycles. The van der Waals surface area contributed by atoms with Gasteiger partial charge in [0.1, 0.15) is 6.04 Å². The summed E-state index contributed by atoms with van der Waals surface area (Å²) in [5.41, 5.74) is 0.744. The van der Waals surface area contributed by atoms with Crippen LogP contribution in [0.4, 0.5) is 0 Å². The molecule has 21 heavy (non-hydrogen) atoms. The molecule has 5 heteroatoms. The van der Waals surface area contributed by atoms with Gasteiger partial charge in [-0.25, -0.2) is 0 Å². The van der Waals surface area contributed by atoms with Crippen molar-refractivity contribution in [3.05, 3.63) is 33.1 Å². The minimum atomic E-state index is -0.607. The summed E-state index contributed by atoms with van der Waals surface area (Å²) in [6, 6.07) is 1.25. The first-order chi connectivity index (χ1) is 9.95. The molecule has 0 saturated carbocycles. The van der Waals surface area contributed by atoms with Crippen molar-refractivity contribution in [2.45, 2.75) is 46.1 Å². The second-order valence-corrected chi connectivity index (χ2v) is 5.44. The Morgan fingerprint density at radius 2 is 2.10 bits per heavy atom. The first-order valence-electron chi connectivity index (χ1n) is 7.18. The van der Waals surface area contributed by atoms with Crippen LogP contribution in [0, 0.1) is 0 Å². The molecule has 1 atom stereocenters. The smallest absolute Gasteiger partial charge is 0.259 e. The monoisotopic (exact) mass is 288 g/mol. The highest BCUT2D eigenvalue weighted by Gasteiger charge is 2.28. The highest BCUT2D eigenvalue weighted by molar-refractivity contribution is 5.99. The number of rotatable bonds is 2. The summed E-state index contributed by atoms with van der Waals surface area (Å²) in [4.78, 5) is 35.9. The summed E-state index contributed by atoms with van der Waals surface area (Å²) in [6.07, 6.45) is 5.11. The fourth-order valence-electron chi connectivity index (χ4n) is 2.65. The fourth-order valence-corrected chi connectivity index (χ4v) is 2.65. The number of hydrogen-bond donors (Lipinski definition) is 1. The minimum Gasteiger partial charge on any atom is -0.302 e. The van der Waals surface area contributed by atoms with E-state index in [4.69, 9.17) is 0 Å². The predicted molar refractivity (Wildman–Crippen MR) is 80.9 cm³/mol. The molecule has 2 rings (SSSR count). The largest absolute Gasteiger partial charge is 0.302 e. The van der Waals surface area contributed by atoms with Gasteiger partial charge in [0, 0.05) is 17.8 Å². The van der Waals surface area contributed by atoms with E-state index < -0.39 is 11.9 Å². The third-order valence-corrected chi connectivity index (χ3v) is 3.62. The van der Waals surface area contributed by atoms with Gasteiger partial charge in [-0.15, -0.1) is 0 Å². The molecule has 5 nitrogen and oxygen atoms in total. The molecule has 1 aliphatic heterocycles. The lowest BCUT2D eigenvalue weighted by atomic mass is 10.1. The lowest BCUT2D eigenvalue weighted by Crippen LogP contribution is -2.51. The second kappa shape index (κ2) is 6.08. The molecule has 1 N–H and O–H groups in total. The van der Waals surface area contributed by atoms with Gasteiger partial charge in [0.25, 0.3) is 5.56 Å². The molecule has 112 valence electrons. The summed E-state index contributed by atoms with van der Waals surface area (Å²) in [5, 5.41) is 3.83. The maximum atomic E-state index is 12.7. The van der Waals surface area contributed by atoms with E-state index in [2.05, 4.69) is 5.32 Å². The van der Waals surface area contributed by atoms with Crippen LogP contribution < -0.4 is 21.3 Å². The number of nitrogens with one attached hydrogen (secondary N) is 1. The van der Waals surface area contributed by atoms with E-state index in [-0.39, 0.29) is 17.9 Å². The van der Waals surface area contributed by atoms with Crippen molar-refractivity contribution in [1.82, 2.24) is 9.88 Å². The SMILES string of the molecule is CC/C=c1/ccn(C2CCC(=O)NC2=O)c(=O)c1=C(C)C. The lowest BCUT2D eigenvalue weighted by molar-refractivity contribution is -0.135. The van der Waals surface area contributed by atoms with Crippen molar-refractivity contribution in [3.63, 3.8) is 0 Å². The van der Waals surface area contributed by atoms with Gasteiger partial charge < -0.3 is 4.57 Å². The van der Waals surface area contributed by atoms with Crippen LogP contribution in [0.5, 0.6) is 0 Å². The number of carbonyl (C=O) groups excluding carboxylic acids is 2. The number of amides is 2. The summed E-state index contributed by atoms with van der Waals surface area (Å²) < 4.78 is 1.44. The maximum Gasteiger partial charge on any atom is 0.259 e. The van der Waals surface area contributed by atoms with Crippen LogP contribution in [0.2, 0.25) is 0 Å². The minimum absolute atomic E-state index is 0.174. The number of hydrogen-bond acceptors (Lipinski definition) is 3. The molecule has 0 spiro atoms. The van der Waals surface area contributed by atoms with E-state index in [0.717, 1.165) is 17.2 Å². The third kappa shape index (κ3) is 2.96. The van der Waals surface area contributed by atoms with E-state index in [1.807, 2.05) is 32.9 Å². The molecule has 1 aromatic rings. The molecule has 1 fully saturated rings. The van der Waals surface area contributed by atoms with Gasteiger partial charge >= 0.3 is 0 Å². The van der Waals surface area contributed by atoms with Crippen LogP contribution in [-0.2, 0) is 9.59 Å². The molecule has 1 saturated heterocycles. The number of nitrogens with zero attached hydrogens (tertiary/aromatic N) is 1. The zero-order valence-corrected chi connectivity index (χ0v) is 12.6. The van der Waals surface area contributed by atoms with Crippen LogP contribution in [-0.4, -0.2) is 16.4 Å². The van der Waals surface area contributed by atoms with Crippen molar-refractivity contribution in [2.24, 2.45) is 0 Å².